The van der Waals surface area contributed by atoms with Crippen LogP contribution in [-0.2, 0) is 4.74 Å². The Morgan fingerprint density at radius 3 is 2.81 bits per heavy atom. The molecular formula is C14H17N3O3S. The second-order valence-electron chi connectivity index (χ2n) is 4.95. The second-order valence-corrected chi connectivity index (χ2v) is 6.23. The van der Waals surface area contributed by atoms with Gasteiger partial charge in [0.15, 0.2) is 0 Å². The molecule has 1 aromatic carbocycles. The van der Waals surface area contributed by atoms with Gasteiger partial charge in [0.1, 0.15) is 6.07 Å². The van der Waals surface area contributed by atoms with Gasteiger partial charge in [0, 0.05) is 36.6 Å². The summed E-state index contributed by atoms with van der Waals surface area (Å²) in [6.45, 7) is 2.20. The molecule has 1 fully saturated rings. The molecule has 1 aliphatic heterocycles. The lowest BCUT2D eigenvalue weighted by Crippen LogP contribution is -2.39. The zero-order valence-corrected chi connectivity index (χ0v) is 12.6. The Labute approximate surface area is 127 Å². The monoisotopic (exact) mass is 307 g/mol. The van der Waals surface area contributed by atoms with Crippen LogP contribution < -0.4 is 5.32 Å². The maximum absolute atomic E-state index is 10.7. The van der Waals surface area contributed by atoms with Crippen LogP contribution in [0.1, 0.15) is 18.4 Å². The van der Waals surface area contributed by atoms with Crippen molar-refractivity contribution in [3.8, 4) is 6.07 Å². The van der Waals surface area contributed by atoms with Crippen LogP contribution in [-0.4, -0.2) is 35.7 Å². The highest BCUT2D eigenvalue weighted by molar-refractivity contribution is 8.00. The van der Waals surface area contributed by atoms with E-state index in [2.05, 4.69) is 11.6 Å². The van der Waals surface area contributed by atoms with Crippen LogP contribution in [0.5, 0.6) is 0 Å². The largest absolute Gasteiger partial charge is 0.383 e. The van der Waals surface area contributed by atoms with Crippen molar-refractivity contribution in [3.05, 3.63) is 33.9 Å². The number of rotatable bonds is 5. The van der Waals surface area contributed by atoms with Gasteiger partial charge < -0.3 is 10.1 Å². The molecule has 1 aromatic rings. The van der Waals surface area contributed by atoms with Gasteiger partial charge in [0.25, 0.3) is 5.69 Å². The Balaban J connectivity index is 2.12. The molecule has 0 radical (unpaired) electrons. The highest BCUT2D eigenvalue weighted by Crippen LogP contribution is 2.34. The quantitative estimate of drug-likeness (QED) is 0.664. The van der Waals surface area contributed by atoms with E-state index in [0.717, 1.165) is 26.1 Å². The lowest BCUT2D eigenvalue weighted by molar-refractivity contribution is -0.384. The summed E-state index contributed by atoms with van der Waals surface area (Å²) >= 11 is 1.80. The predicted molar refractivity (Wildman–Crippen MR) is 82.6 cm³/mol. The van der Waals surface area contributed by atoms with Gasteiger partial charge in [0.05, 0.1) is 16.2 Å². The number of hydrogen-bond donors (Lipinski definition) is 1. The minimum Gasteiger partial charge on any atom is -0.383 e. The number of benzene rings is 1. The van der Waals surface area contributed by atoms with E-state index in [4.69, 9.17) is 10.00 Å². The standard InChI is InChI=1S/C14H17N3O3S/c1-21-14(4-6-20-7-5-14)10-16-13-3-2-12(17(18)19)8-11(13)9-15/h2-3,8,16H,4-7,10H2,1H3. The Kier molecular flexibility index (Phi) is 5.04. The molecule has 6 nitrogen and oxygen atoms in total. The topological polar surface area (TPSA) is 88.2 Å². The van der Waals surface area contributed by atoms with E-state index in [1.54, 1.807) is 17.8 Å². The number of non-ortho nitro benzene ring substituents is 1. The number of nitrogens with zero attached hydrogens (tertiary/aromatic N) is 2. The van der Waals surface area contributed by atoms with Crippen molar-refractivity contribution < 1.29 is 9.66 Å². The smallest absolute Gasteiger partial charge is 0.270 e. The average molecular weight is 307 g/mol. The number of nitriles is 1. The van der Waals surface area contributed by atoms with Crippen LogP contribution in [0.4, 0.5) is 11.4 Å². The fraction of sp³-hybridized carbons (Fsp3) is 0.500. The van der Waals surface area contributed by atoms with Crippen molar-refractivity contribution in [1.82, 2.24) is 0 Å². The van der Waals surface area contributed by atoms with Crippen LogP contribution in [0.3, 0.4) is 0 Å². The van der Waals surface area contributed by atoms with Crippen LogP contribution in [0.15, 0.2) is 18.2 Å². The van der Waals surface area contributed by atoms with E-state index in [9.17, 15) is 10.1 Å². The van der Waals surface area contributed by atoms with Crippen molar-refractivity contribution in [2.45, 2.75) is 17.6 Å². The first-order chi connectivity index (χ1) is 10.1. The van der Waals surface area contributed by atoms with Gasteiger partial charge in [-0.2, -0.15) is 17.0 Å². The number of hydrogen-bond acceptors (Lipinski definition) is 6. The maximum Gasteiger partial charge on any atom is 0.270 e. The minimum absolute atomic E-state index is 0.0669. The zero-order valence-electron chi connectivity index (χ0n) is 11.8. The average Bonchev–Trinajstić information content (AvgIpc) is 2.53. The van der Waals surface area contributed by atoms with Crippen LogP contribution in [0.2, 0.25) is 0 Å². The van der Waals surface area contributed by atoms with Gasteiger partial charge in [-0.15, -0.1) is 0 Å². The van der Waals surface area contributed by atoms with Crippen molar-refractivity contribution in [2.75, 3.05) is 31.3 Å². The molecular weight excluding hydrogens is 290 g/mol. The maximum atomic E-state index is 10.7. The Hall–Kier alpha value is -1.78. The number of ether oxygens (including phenoxy) is 1. The molecule has 7 heteroatoms. The molecule has 0 atom stereocenters. The van der Waals surface area contributed by atoms with Crippen molar-refractivity contribution in [3.63, 3.8) is 0 Å². The molecule has 1 saturated heterocycles. The predicted octanol–water partition coefficient (Wildman–Crippen LogP) is 2.79. The first kappa shape index (κ1) is 15.6. The van der Waals surface area contributed by atoms with Crippen LogP contribution in [0, 0.1) is 21.4 Å². The summed E-state index contributed by atoms with van der Waals surface area (Å²) in [5.74, 6) is 0. The third-order valence-corrected chi connectivity index (χ3v) is 5.19. The van der Waals surface area contributed by atoms with Gasteiger partial charge in [0.2, 0.25) is 0 Å². The zero-order chi connectivity index (χ0) is 15.3. The molecule has 1 N–H and O–H groups in total. The first-order valence-corrected chi connectivity index (χ1v) is 7.88. The first-order valence-electron chi connectivity index (χ1n) is 6.65. The van der Waals surface area contributed by atoms with E-state index >= 15 is 0 Å². The number of anilines is 1. The van der Waals surface area contributed by atoms with Crippen molar-refractivity contribution >= 4 is 23.1 Å². The summed E-state index contributed by atoms with van der Waals surface area (Å²) in [5, 5.41) is 23.2. The molecule has 21 heavy (non-hydrogen) atoms. The molecule has 0 aliphatic carbocycles. The normalized spacial score (nSPS) is 17.0. The molecule has 0 spiro atoms. The van der Waals surface area contributed by atoms with Gasteiger partial charge >= 0.3 is 0 Å². The van der Waals surface area contributed by atoms with Crippen LogP contribution >= 0.6 is 11.8 Å². The second kappa shape index (κ2) is 6.78. The number of nitrogens with one attached hydrogen (secondary N) is 1. The van der Waals surface area contributed by atoms with E-state index in [0.29, 0.717) is 17.8 Å². The summed E-state index contributed by atoms with van der Waals surface area (Å²) in [6, 6.07) is 6.33. The van der Waals surface area contributed by atoms with E-state index in [1.165, 1.54) is 12.1 Å². The van der Waals surface area contributed by atoms with Crippen molar-refractivity contribution in [1.29, 1.82) is 5.26 Å². The molecule has 1 heterocycles. The number of thioether (sulfide) groups is 1. The third kappa shape index (κ3) is 3.65. The Morgan fingerprint density at radius 1 is 1.52 bits per heavy atom. The molecule has 2 rings (SSSR count). The van der Waals surface area contributed by atoms with E-state index in [-0.39, 0.29) is 10.4 Å². The highest BCUT2D eigenvalue weighted by atomic mass is 32.2. The number of nitro benzene ring substituents is 1. The van der Waals surface area contributed by atoms with Crippen molar-refractivity contribution in [2.24, 2.45) is 0 Å². The minimum atomic E-state index is -0.494. The molecule has 0 bridgehead atoms. The molecule has 0 unspecified atom stereocenters. The fourth-order valence-corrected chi connectivity index (χ4v) is 3.14. The molecule has 0 aromatic heterocycles. The van der Waals surface area contributed by atoms with Gasteiger partial charge in [-0.05, 0) is 25.2 Å². The van der Waals surface area contributed by atoms with Crippen LogP contribution in [0.25, 0.3) is 0 Å². The summed E-state index contributed by atoms with van der Waals surface area (Å²) in [4.78, 5) is 10.2. The molecule has 1 aliphatic rings. The van der Waals surface area contributed by atoms with Gasteiger partial charge in [-0.3, -0.25) is 10.1 Å². The lowest BCUT2D eigenvalue weighted by Gasteiger charge is -2.36. The van der Waals surface area contributed by atoms with E-state index in [1.807, 2.05) is 6.07 Å². The number of nitro groups is 1. The van der Waals surface area contributed by atoms with Gasteiger partial charge in [-0.1, -0.05) is 0 Å². The molecule has 0 saturated carbocycles. The van der Waals surface area contributed by atoms with Gasteiger partial charge in [-0.25, -0.2) is 0 Å². The summed E-state index contributed by atoms with van der Waals surface area (Å²) in [6.07, 6.45) is 3.99. The Morgan fingerprint density at radius 2 is 2.24 bits per heavy atom. The summed E-state index contributed by atoms with van der Waals surface area (Å²) in [5.41, 5.74) is 0.873. The third-order valence-electron chi connectivity index (χ3n) is 3.77. The SMILES string of the molecule is CSC1(CNc2ccc([N+](=O)[O-])cc2C#N)CCOCC1. The summed E-state index contributed by atoms with van der Waals surface area (Å²) in [7, 11) is 0. The van der Waals surface area contributed by atoms with E-state index < -0.39 is 4.92 Å². The molecule has 0 amide bonds. The summed E-state index contributed by atoms with van der Waals surface area (Å²) < 4.78 is 5.49. The lowest BCUT2D eigenvalue weighted by atomic mass is 9.98. The Bertz CT molecular complexity index is 565. The molecule has 112 valence electrons. The highest BCUT2D eigenvalue weighted by Gasteiger charge is 2.31. The fourth-order valence-electron chi connectivity index (χ4n) is 2.35.